The highest BCUT2D eigenvalue weighted by molar-refractivity contribution is 5.45. The summed E-state index contributed by atoms with van der Waals surface area (Å²) in [7, 11) is 0. The highest BCUT2D eigenvalue weighted by atomic mass is 14.6. The van der Waals surface area contributed by atoms with Crippen LogP contribution in [0.2, 0.25) is 0 Å². The van der Waals surface area contributed by atoms with Gasteiger partial charge in [0.05, 0.1) is 17.3 Å². The van der Waals surface area contributed by atoms with Crippen molar-refractivity contribution in [3.8, 4) is 6.07 Å². The van der Waals surface area contributed by atoms with Gasteiger partial charge in [0.2, 0.25) is 0 Å². The van der Waals surface area contributed by atoms with E-state index in [1.807, 2.05) is 6.07 Å². The van der Waals surface area contributed by atoms with Gasteiger partial charge in [-0.05, 0) is 18.2 Å². The van der Waals surface area contributed by atoms with Crippen molar-refractivity contribution >= 4 is 6.08 Å². The molecule has 1 rings (SSSR count). The van der Waals surface area contributed by atoms with E-state index >= 15 is 0 Å². The molecule has 0 aliphatic rings. The molecule has 0 amide bonds. The van der Waals surface area contributed by atoms with E-state index in [4.69, 9.17) is 5.26 Å². The molecule has 0 aliphatic carbocycles. The molecular formula is C8H6N2. The van der Waals surface area contributed by atoms with Gasteiger partial charge in [-0.3, -0.25) is 4.98 Å². The van der Waals surface area contributed by atoms with Gasteiger partial charge < -0.3 is 0 Å². The summed E-state index contributed by atoms with van der Waals surface area (Å²) in [4.78, 5) is 3.94. The van der Waals surface area contributed by atoms with Crippen molar-refractivity contribution in [1.29, 1.82) is 5.26 Å². The summed E-state index contributed by atoms with van der Waals surface area (Å²) in [6, 6.07) is 5.36. The fraction of sp³-hybridized carbons (Fsp3) is 0. The number of pyridine rings is 1. The average Bonchev–Trinajstić information content (AvgIpc) is 2.05. The van der Waals surface area contributed by atoms with E-state index in [0.717, 1.165) is 5.69 Å². The van der Waals surface area contributed by atoms with Gasteiger partial charge in [0, 0.05) is 6.20 Å². The number of hydrogen-bond acceptors (Lipinski definition) is 2. The number of hydrogen-bond donors (Lipinski definition) is 0. The summed E-state index contributed by atoms with van der Waals surface area (Å²) in [6.07, 6.45) is 3.20. The van der Waals surface area contributed by atoms with Gasteiger partial charge in [-0.2, -0.15) is 5.26 Å². The van der Waals surface area contributed by atoms with Crippen LogP contribution in [0.3, 0.4) is 0 Å². The molecule has 1 heterocycles. The van der Waals surface area contributed by atoms with Crippen molar-refractivity contribution in [2.24, 2.45) is 0 Å². The Balaban J connectivity index is 3.13. The molecule has 0 saturated carbocycles. The Bertz CT molecular complexity index is 284. The maximum absolute atomic E-state index is 8.45. The van der Waals surface area contributed by atoms with Crippen molar-refractivity contribution in [2.45, 2.75) is 0 Å². The van der Waals surface area contributed by atoms with Crippen LogP contribution in [0.25, 0.3) is 6.08 Å². The minimum atomic E-state index is 0.616. The van der Waals surface area contributed by atoms with Crippen LogP contribution in [0.1, 0.15) is 11.3 Å². The maximum Gasteiger partial charge on any atom is 0.0992 e. The van der Waals surface area contributed by atoms with E-state index in [0.29, 0.717) is 5.56 Å². The van der Waals surface area contributed by atoms with Gasteiger partial charge >= 0.3 is 0 Å². The van der Waals surface area contributed by atoms with Crippen LogP contribution in [-0.2, 0) is 0 Å². The fourth-order valence-corrected chi connectivity index (χ4v) is 0.630. The lowest BCUT2D eigenvalue weighted by atomic mass is 10.2. The quantitative estimate of drug-likeness (QED) is 0.578. The topological polar surface area (TPSA) is 36.7 Å². The van der Waals surface area contributed by atoms with Crippen LogP contribution in [0.15, 0.2) is 24.9 Å². The lowest BCUT2D eigenvalue weighted by Gasteiger charge is -1.89. The molecule has 10 heavy (non-hydrogen) atoms. The summed E-state index contributed by atoms with van der Waals surface area (Å²) in [5.41, 5.74) is 1.35. The molecule has 0 aromatic carbocycles. The van der Waals surface area contributed by atoms with Gasteiger partial charge in [0.1, 0.15) is 0 Å². The first-order valence-corrected chi connectivity index (χ1v) is 2.85. The third-order valence-electron chi connectivity index (χ3n) is 1.12. The molecule has 0 atom stereocenters. The Morgan fingerprint density at radius 3 is 3.10 bits per heavy atom. The standard InChI is InChI=1S/C8H6N2/c1-2-8-5-7(6-9)3-4-10-8/h2-5H,1H2. The molecule has 0 radical (unpaired) electrons. The zero-order chi connectivity index (χ0) is 7.40. The lowest BCUT2D eigenvalue weighted by Crippen LogP contribution is -1.80. The number of nitriles is 1. The number of rotatable bonds is 1. The van der Waals surface area contributed by atoms with Crippen molar-refractivity contribution in [2.75, 3.05) is 0 Å². The first kappa shape index (κ1) is 6.50. The predicted molar refractivity (Wildman–Crippen MR) is 39.0 cm³/mol. The van der Waals surface area contributed by atoms with Crippen molar-refractivity contribution in [1.82, 2.24) is 4.98 Å². The molecule has 2 heteroatoms. The summed E-state index contributed by atoms with van der Waals surface area (Å²) in [6.45, 7) is 3.53. The van der Waals surface area contributed by atoms with E-state index in [1.165, 1.54) is 0 Å². The maximum atomic E-state index is 8.45. The van der Waals surface area contributed by atoms with Gasteiger partial charge in [0.25, 0.3) is 0 Å². The van der Waals surface area contributed by atoms with E-state index in [1.54, 1.807) is 24.4 Å². The van der Waals surface area contributed by atoms with Crippen molar-refractivity contribution < 1.29 is 0 Å². The van der Waals surface area contributed by atoms with Crippen LogP contribution in [0.5, 0.6) is 0 Å². The Labute approximate surface area is 59.4 Å². The fourth-order valence-electron chi connectivity index (χ4n) is 0.630. The van der Waals surface area contributed by atoms with Crippen LogP contribution in [0.4, 0.5) is 0 Å². The molecule has 0 saturated heterocycles. The average molecular weight is 130 g/mol. The largest absolute Gasteiger partial charge is 0.257 e. The van der Waals surface area contributed by atoms with Gasteiger partial charge in [0.15, 0.2) is 0 Å². The molecule has 0 unspecified atom stereocenters. The molecule has 0 fully saturated rings. The molecule has 0 N–H and O–H groups in total. The highest BCUT2D eigenvalue weighted by Crippen LogP contribution is 1.99. The highest BCUT2D eigenvalue weighted by Gasteiger charge is 1.89. The van der Waals surface area contributed by atoms with E-state index in [2.05, 4.69) is 11.6 Å². The summed E-state index contributed by atoms with van der Waals surface area (Å²) in [5, 5.41) is 8.45. The van der Waals surface area contributed by atoms with Gasteiger partial charge in [-0.25, -0.2) is 0 Å². The smallest absolute Gasteiger partial charge is 0.0992 e. The second-order valence-corrected chi connectivity index (χ2v) is 1.79. The van der Waals surface area contributed by atoms with Crippen LogP contribution in [0, 0.1) is 11.3 Å². The molecule has 1 aromatic rings. The van der Waals surface area contributed by atoms with Gasteiger partial charge in [-0.1, -0.05) is 6.58 Å². The molecule has 0 spiro atoms. The zero-order valence-electron chi connectivity index (χ0n) is 5.41. The number of nitrogens with zero attached hydrogens (tertiary/aromatic N) is 2. The first-order chi connectivity index (χ1) is 4.86. The lowest BCUT2D eigenvalue weighted by molar-refractivity contribution is 1.28. The molecular weight excluding hydrogens is 124 g/mol. The van der Waals surface area contributed by atoms with E-state index in [9.17, 15) is 0 Å². The van der Waals surface area contributed by atoms with Gasteiger partial charge in [-0.15, -0.1) is 0 Å². The molecule has 0 aliphatic heterocycles. The van der Waals surface area contributed by atoms with Crippen molar-refractivity contribution in [3.05, 3.63) is 36.2 Å². The Morgan fingerprint density at radius 2 is 2.50 bits per heavy atom. The third-order valence-corrected chi connectivity index (χ3v) is 1.12. The predicted octanol–water partition coefficient (Wildman–Crippen LogP) is 1.60. The van der Waals surface area contributed by atoms with Crippen molar-refractivity contribution in [3.63, 3.8) is 0 Å². The van der Waals surface area contributed by atoms with Crippen LogP contribution >= 0.6 is 0 Å². The normalized spacial score (nSPS) is 8.30. The minimum Gasteiger partial charge on any atom is -0.257 e. The molecule has 2 nitrogen and oxygen atoms in total. The summed E-state index contributed by atoms with van der Waals surface area (Å²) in [5.74, 6) is 0. The Kier molecular flexibility index (Phi) is 1.81. The second kappa shape index (κ2) is 2.79. The molecule has 48 valence electrons. The second-order valence-electron chi connectivity index (χ2n) is 1.79. The van der Waals surface area contributed by atoms with E-state index in [-0.39, 0.29) is 0 Å². The summed E-state index contributed by atoms with van der Waals surface area (Å²) < 4.78 is 0. The Morgan fingerprint density at radius 1 is 1.70 bits per heavy atom. The third kappa shape index (κ3) is 1.20. The first-order valence-electron chi connectivity index (χ1n) is 2.85. The van der Waals surface area contributed by atoms with Crippen LogP contribution in [-0.4, -0.2) is 4.98 Å². The Hall–Kier alpha value is -1.62. The zero-order valence-corrected chi connectivity index (χ0v) is 5.41. The summed E-state index contributed by atoms with van der Waals surface area (Å²) >= 11 is 0. The van der Waals surface area contributed by atoms with E-state index < -0.39 is 0 Å². The minimum absolute atomic E-state index is 0.616. The number of aromatic nitrogens is 1. The monoisotopic (exact) mass is 130 g/mol. The SMILES string of the molecule is C=Cc1cc(C#N)ccn1. The molecule has 0 bridgehead atoms. The molecule has 1 aromatic heterocycles. The van der Waals surface area contributed by atoms with Crippen LogP contribution < -0.4 is 0 Å².